The van der Waals surface area contributed by atoms with E-state index in [0.29, 0.717) is 24.4 Å². The van der Waals surface area contributed by atoms with Gasteiger partial charge in [-0.2, -0.15) is 0 Å². The van der Waals surface area contributed by atoms with E-state index in [2.05, 4.69) is 22.3 Å². The molecule has 0 aliphatic carbocycles. The molecule has 33 heavy (non-hydrogen) atoms. The molecule has 1 atom stereocenters. The van der Waals surface area contributed by atoms with Crippen molar-refractivity contribution in [1.29, 1.82) is 0 Å². The Morgan fingerprint density at radius 3 is 2.52 bits per heavy atom. The summed E-state index contributed by atoms with van der Waals surface area (Å²) in [6, 6.07) is 5.54. The number of nitrogens with one attached hydrogen (secondary N) is 1. The molecule has 0 aromatic heterocycles. The summed E-state index contributed by atoms with van der Waals surface area (Å²) < 4.78 is 0. The molecule has 0 bridgehead atoms. The van der Waals surface area contributed by atoms with Gasteiger partial charge in [0.2, 0.25) is 11.8 Å². The Labute approximate surface area is 194 Å². The fourth-order valence-corrected chi connectivity index (χ4v) is 5.30. The van der Waals surface area contributed by atoms with Gasteiger partial charge in [-0.3, -0.25) is 24.5 Å². The second-order valence-corrected chi connectivity index (χ2v) is 9.49. The average molecular weight is 456 g/mol. The first kappa shape index (κ1) is 23.4. The van der Waals surface area contributed by atoms with E-state index in [0.717, 1.165) is 63.7 Å². The summed E-state index contributed by atoms with van der Waals surface area (Å²) >= 11 is 0. The predicted molar refractivity (Wildman–Crippen MR) is 122 cm³/mol. The van der Waals surface area contributed by atoms with Crippen LogP contribution in [0.3, 0.4) is 0 Å². The Morgan fingerprint density at radius 1 is 1.03 bits per heavy atom. The Morgan fingerprint density at radius 2 is 1.79 bits per heavy atom. The van der Waals surface area contributed by atoms with E-state index < -0.39 is 12.0 Å². The van der Waals surface area contributed by atoms with E-state index in [4.69, 9.17) is 5.11 Å². The van der Waals surface area contributed by atoms with Gasteiger partial charge in [0.1, 0.15) is 6.04 Å². The molecule has 8 heteroatoms. The lowest BCUT2D eigenvalue weighted by molar-refractivity contribution is -0.138. The van der Waals surface area contributed by atoms with Crippen molar-refractivity contribution in [2.24, 2.45) is 0 Å². The van der Waals surface area contributed by atoms with Crippen LogP contribution in [0.2, 0.25) is 0 Å². The van der Waals surface area contributed by atoms with Gasteiger partial charge in [-0.15, -0.1) is 0 Å². The fraction of sp³-hybridized carbons (Fsp3) is 0.600. The molecular formula is C25H33N3O5. The molecule has 0 radical (unpaired) electrons. The molecule has 178 valence electrons. The number of rotatable bonds is 9. The second kappa shape index (κ2) is 10.5. The number of aliphatic carboxylic acids is 1. The summed E-state index contributed by atoms with van der Waals surface area (Å²) in [7, 11) is 0. The molecule has 1 unspecified atom stereocenters. The van der Waals surface area contributed by atoms with Crippen molar-refractivity contribution in [3.8, 4) is 0 Å². The quantitative estimate of drug-likeness (QED) is 0.438. The number of benzene rings is 1. The molecule has 2 N–H and O–H groups in total. The summed E-state index contributed by atoms with van der Waals surface area (Å²) in [6.45, 7) is 3.60. The molecule has 3 amide bonds. The number of unbranched alkanes of at least 4 members (excludes halogenated alkanes) is 3. The number of imide groups is 1. The number of carbonyl (C=O) groups excluding carboxylic acids is 3. The van der Waals surface area contributed by atoms with Crippen molar-refractivity contribution in [2.45, 2.75) is 76.3 Å². The van der Waals surface area contributed by atoms with Crippen LogP contribution < -0.4 is 5.32 Å². The first-order valence-corrected chi connectivity index (χ1v) is 12.1. The van der Waals surface area contributed by atoms with Crippen molar-refractivity contribution in [2.75, 3.05) is 19.6 Å². The van der Waals surface area contributed by atoms with Crippen LogP contribution in [0.5, 0.6) is 0 Å². The van der Waals surface area contributed by atoms with Crippen molar-refractivity contribution in [3.05, 3.63) is 34.9 Å². The number of amides is 3. The Bertz CT molecular complexity index is 923. The van der Waals surface area contributed by atoms with Gasteiger partial charge in [0, 0.05) is 24.9 Å². The van der Waals surface area contributed by atoms with Gasteiger partial charge in [-0.05, 0) is 74.8 Å². The van der Waals surface area contributed by atoms with E-state index in [1.165, 1.54) is 5.56 Å². The van der Waals surface area contributed by atoms with E-state index in [1.807, 2.05) is 6.07 Å². The van der Waals surface area contributed by atoms with Crippen LogP contribution in [0, 0.1) is 0 Å². The third-order valence-electron chi connectivity index (χ3n) is 7.22. The molecular weight excluding hydrogens is 422 g/mol. The summed E-state index contributed by atoms with van der Waals surface area (Å²) in [6.07, 6.45) is 7.02. The van der Waals surface area contributed by atoms with Crippen molar-refractivity contribution >= 4 is 23.7 Å². The van der Waals surface area contributed by atoms with Crippen molar-refractivity contribution in [3.63, 3.8) is 0 Å². The number of carbonyl (C=O) groups is 4. The monoisotopic (exact) mass is 455 g/mol. The molecule has 0 spiro atoms. The largest absolute Gasteiger partial charge is 0.481 e. The molecule has 2 fully saturated rings. The molecule has 4 rings (SSSR count). The summed E-state index contributed by atoms with van der Waals surface area (Å²) in [4.78, 5) is 51.2. The van der Waals surface area contributed by atoms with Crippen LogP contribution in [0.4, 0.5) is 0 Å². The zero-order valence-electron chi connectivity index (χ0n) is 19.1. The lowest BCUT2D eigenvalue weighted by atomic mass is 9.88. The fourth-order valence-electron chi connectivity index (χ4n) is 5.30. The summed E-state index contributed by atoms with van der Waals surface area (Å²) in [5, 5.41) is 11.0. The number of hydrogen-bond donors (Lipinski definition) is 2. The Kier molecular flexibility index (Phi) is 7.42. The number of piperidine rings is 2. The van der Waals surface area contributed by atoms with Gasteiger partial charge in [-0.25, -0.2) is 0 Å². The maximum absolute atomic E-state index is 12.9. The predicted octanol–water partition coefficient (Wildman–Crippen LogP) is 2.66. The van der Waals surface area contributed by atoms with Crippen molar-refractivity contribution < 1.29 is 24.3 Å². The highest BCUT2D eigenvalue weighted by Crippen LogP contribution is 2.33. The van der Waals surface area contributed by atoms with Crippen LogP contribution in [-0.4, -0.2) is 64.3 Å². The van der Waals surface area contributed by atoms with Crippen LogP contribution in [0.1, 0.15) is 85.2 Å². The van der Waals surface area contributed by atoms with E-state index in [-0.39, 0.29) is 30.6 Å². The number of likely N-dealkylation sites (tertiary alicyclic amines) is 1. The summed E-state index contributed by atoms with van der Waals surface area (Å²) in [5.41, 5.74) is 2.91. The minimum absolute atomic E-state index is 0.121. The lowest BCUT2D eigenvalue weighted by Gasteiger charge is -2.32. The van der Waals surface area contributed by atoms with Gasteiger partial charge < -0.3 is 14.9 Å². The van der Waals surface area contributed by atoms with Gasteiger partial charge in [0.15, 0.2) is 0 Å². The normalized spacial score (nSPS) is 21.9. The first-order valence-electron chi connectivity index (χ1n) is 12.1. The van der Waals surface area contributed by atoms with Gasteiger partial charge >= 0.3 is 5.97 Å². The molecule has 3 aliphatic rings. The van der Waals surface area contributed by atoms with Gasteiger partial charge in [-0.1, -0.05) is 25.0 Å². The molecule has 0 saturated carbocycles. The van der Waals surface area contributed by atoms with Crippen LogP contribution in [0.25, 0.3) is 0 Å². The number of carboxylic acid groups (broad SMARTS) is 1. The smallest absolute Gasteiger partial charge is 0.303 e. The molecule has 8 nitrogen and oxygen atoms in total. The molecule has 2 saturated heterocycles. The number of fused-ring (bicyclic) bond motifs is 1. The molecule has 1 aromatic rings. The second-order valence-electron chi connectivity index (χ2n) is 9.49. The highest BCUT2D eigenvalue weighted by Gasteiger charge is 2.39. The first-order chi connectivity index (χ1) is 15.9. The number of hydrogen-bond acceptors (Lipinski definition) is 5. The Hall–Kier alpha value is -2.74. The average Bonchev–Trinajstić information content (AvgIpc) is 3.12. The van der Waals surface area contributed by atoms with E-state index in [9.17, 15) is 19.2 Å². The Balaban J connectivity index is 1.26. The maximum Gasteiger partial charge on any atom is 0.303 e. The summed E-state index contributed by atoms with van der Waals surface area (Å²) in [5.74, 6) is -1.00. The highest BCUT2D eigenvalue weighted by atomic mass is 16.4. The van der Waals surface area contributed by atoms with Crippen LogP contribution >= 0.6 is 0 Å². The topological polar surface area (TPSA) is 107 Å². The molecule has 1 aromatic carbocycles. The SMILES string of the molecule is O=C(O)CCCCCCN1CCC(c2ccc3c(c2)CN(C2CCC(=O)NC2=O)C3=O)CC1. The van der Waals surface area contributed by atoms with E-state index >= 15 is 0 Å². The minimum atomic E-state index is -0.711. The zero-order valence-corrected chi connectivity index (χ0v) is 19.1. The molecule has 3 aliphatic heterocycles. The minimum Gasteiger partial charge on any atom is -0.481 e. The van der Waals surface area contributed by atoms with Gasteiger partial charge in [0.25, 0.3) is 5.91 Å². The van der Waals surface area contributed by atoms with Crippen molar-refractivity contribution in [1.82, 2.24) is 15.1 Å². The van der Waals surface area contributed by atoms with Crippen LogP contribution in [-0.2, 0) is 20.9 Å². The molecule has 3 heterocycles. The highest BCUT2D eigenvalue weighted by molar-refractivity contribution is 6.05. The van der Waals surface area contributed by atoms with E-state index in [1.54, 1.807) is 4.90 Å². The number of carboxylic acids is 1. The lowest BCUT2D eigenvalue weighted by Crippen LogP contribution is -2.52. The van der Waals surface area contributed by atoms with Gasteiger partial charge in [0.05, 0.1) is 0 Å². The maximum atomic E-state index is 12.9. The standard InChI is InChI=1S/C25H33N3O5/c29-22-9-8-21(24(32)26-22)28-16-19-15-18(6-7-20(19)25(28)33)17-10-13-27(14-11-17)12-4-2-1-3-5-23(30)31/h6-7,15,17,21H,1-5,8-14,16H2,(H,30,31)(H,26,29,32). The number of nitrogens with zero attached hydrogens (tertiary/aromatic N) is 2. The zero-order chi connectivity index (χ0) is 23.4. The third-order valence-corrected chi connectivity index (χ3v) is 7.22. The third kappa shape index (κ3) is 5.61. The van der Waals surface area contributed by atoms with Crippen LogP contribution in [0.15, 0.2) is 18.2 Å².